The van der Waals surface area contributed by atoms with Crippen molar-refractivity contribution < 1.29 is 13.9 Å². The Morgan fingerprint density at radius 3 is 2.69 bits per heavy atom. The zero-order chi connectivity index (χ0) is 11.6. The molecule has 1 heterocycles. The highest BCUT2D eigenvalue weighted by atomic mass is 35.5. The lowest BCUT2D eigenvalue weighted by Gasteiger charge is -2.23. The molecule has 16 heavy (non-hydrogen) atoms. The van der Waals surface area contributed by atoms with Crippen molar-refractivity contribution in [3.8, 4) is 0 Å². The Hall–Kier alpha value is -0.640. The molecule has 0 radical (unpaired) electrons. The van der Waals surface area contributed by atoms with Crippen molar-refractivity contribution >= 4 is 11.6 Å². The topological polar surface area (TPSA) is 18.5 Å². The normalized spacial score (nSPS) is 29.6. The minimum absolute atomic E-state index is 0.0490. The van der Waals surface area contributed by atoms with E-state index in [1.165, 1.54) is 12.1 Å². The summed E-state index contributed by atoms with van der Waals surface area (Å²) in [6.45, 7) is 2.39. The molecule has 2 unspecified atom stereocenters. The van der Waals surface area contributed by atoms with Gasteiger partial charge < -0.3 is 9.47 Å². The third-order valence-electron chi connectivity index (χ3n) is 2.60. The van der Waals surface area contributed by atoms with Gasteiger partial charge in [0, 0.05) is 6.42 Å². The second-order valence-corrected chi connectivity index (χ2v) is 4.45. The smallest absolute Gasteiger partial charge is 0.170 e. The third-order valence-corrected chi connectivity index (χ3v) is 2.95. The van der Waals surface area contributed by atoms with Crippen molar-refractivity contribution in [2.45, 2.75) is 25.2 Å². The van der Waals surface area contributed by atoms with Gasteiger partial charge in [-0.15, -0.1) is 11.6 Å². The summed E-state index contributed by atoms with van der Waals surface area (Å²) in [6, 6.07) is 6.35. The molecule has 0 spiro atoms. The zero-order valence-electron chi connectivity index (χ0n) is 9.08. The van der Waals surface area contributed by atoms with Gasteiger partial charge in [0.15, 0.2) is 5.79 Å². The molecule has 1 fully saturated rings. The molecule has 2 atom stereocenters. The van der Waals surface area contributed by atoms with Gasteiger partial charge in [-0.2, -0.15) is 0 Å². The number of halogens is 2. The molecule has 1 aliphatic rings. The molecule has 0 aliphatic carbocycles. The van der Waals surface area contributed by atoms with Gasteiger partial charge in [-0.1, -0.05) is 12.1 Å². The van der Waals surface area contributed by atoms with E-state index in [0.29, 0.717) is 18.9 Å². The van der Waals surface area contributed by atoms with Gasteiger partial charge >= 0.3 is 0 Å². The summed E-state index contributed by atoms with van der Waals surface area (Å²) in [5.74, 6) is -0.447. The third kappa shape index (κ3) is 2.73. The van der Waals surface area contributed by atoms with E-state index in [4.69, 9.17) is 21.1 Å². The molecular weight excluding hydrogens is 231 g/mol. The van der Waals surface area contributed by atoms with E-state index in [9.17, 15) is 4.39 Å². The SMILES string of the molecule is CC1(Cc2ccc(F)cc2)OCC(CCl)O1. The lowest BCUT2D eigenvalue weighted by Crippen LogP contribution is -2.29. The van der Waals surface area contributed by atoms with E-state index in [1.807, 2.05) is 6.92 Å². The predicted octanol–water partition coefficient (Wildman–Crippen LogP) is 2.74. The van der Waals surface area contributed by atoms with E-state index in [-0.39, 0.29) is 11.9 Å². The van der Waals surface area contributed by atoms with Crippen LogP contribution < -0.4 is 0 Å². The predicted molar refractivity (Wildman–Crippen MR) is 60.1 cm³/mol. The number of benzene rings is 1. The van der Waals surface area contributed by atoms with Crippen LogP contribution in [0.25, 0.3) is 0 Å². The van der Waals surface area contributed by atoms with Crippen LogP contribution in [-0.4, -0.2) is 24.4 Å². The Kier molecular flexibility index (Phi) is 3.47. The summed E-state index contributed by atoms with van der Waals surface area (Å²) < 4.78 is 24.0. The Morgan fingerprint density at radius 2 is 2.12 bits per heavy atom. The molecule has 88 valence electrons. The molecule has 1 saturated heterocycles. The lowest BCUT2D eigenvalue weighted by molar-refractivity contribution is -0.150. The molecule has 2 nitrogen and oxygen atoms in total. The quantitative estimate of drug-likeness (QED) is 0.762. The molecule has 1 aromatic carbocycles. The van der Waals surface area contributed by atoms with Crippen molar-refractivity contribution in [1.29, 1.82) is 0 Å². The molecule has 1 aromatic rings. The van der Waals surface area contributed by atoms with Crippen LogP contribution in [0.4, 0.5) is 4.39 Å². The molecule has 4 heteroatoms. The molecular formula is C12H14ClFO2. The van der Waals surface area contributed by atoms with Crippen LogP contribution >= 0.6 is 11.6 Å². The average Bonchev–Trinajstić information content (AvgIpc) is 2.64. The van der Waals surface area contributed by atoms with Gasteiger partial charge in [0.25, 0.3) is 0 Å². The van der Waals surface area contributed by atoms with Crippen molar-refractivity contribution in [3.05, 3.63) is 35.6 Å². The second kappa shape index (κ2) is 4.70. The molecule has 0 N–H and O–H groups in total. The fourth-order valence-electron chi connectivity index (χ4n) is 1.83. The number of hydrogen-bond acceptors (Lipinski definition) is 2. The van der Waals surface area contributed by atoms with E-state index < -0.39 is 5.79 Å². The van der Waals surface area contributed by atoms with Crippen LogP contribution in [0, 0.1) is 5.82 Å². The standard InChI is InChI=1S/C12H14ClFO2/c1-12(15-8-11(7-13)16-12)6-9-2-4-10(14)5-3-9/h2-5,11H,6-8H2,1H3. The molecule has 0 bridgehead atoms. The number of hydrogen-bond donors (Lipinski definition) is 0. The highest BCUT2D eigenvalue weighted by molar-refractivity contribution is 6.18. The maximum Gasteiger partial charge on any atom is 0.170 e. The van der Waals surface area contributed by atoms with E-state index in [1.54, 1.807) is 12.1 Å². The number of rotatable bonds is 3. The van der Waals surface area contributed by atoms with Crippen LogP contribution in [0.1, 0.15) is 12.5 Å². The Morgan fingerprint density at radius 1 is 1.44 bits per heavy atom. The van der Waals surface area contributed by atoms with Crippen molar-refractivity contribution in [3.63, 3.8) is 0 Å². The number of ether oxygens (including phenoxy) is 2. The molecule has 2 rings (SSSR count). The molecule has 0 saturated carbocycles. The highest BCUT2D eigenvalue weighted by Gasteiger charge is 2.36. The first-order valence-corrected chi connectivity index (χ1v) is 5.77. The Labute approximate surface area is 99.3 Å². The van der Waals surface area contributed by atoms with Crippen LogP contribution in [0.2, 0.25) is 0 Å². The molecule has 0 amide bonds. The van der Waals surface area contributed by atoms with E-state index >= 15 is 0 Å². The average molecular weight is 245 g/mol. The van der Waals surface area contributed by atoms with Gasteiger partial charge in [-0.3, -0.25) is 0 Å². The van der Waals surface area contributed by atoms with Crippen LogP contribution in [0.5, 0.6) is 0 Å². The van der Waals surface area contributed by atoms with Crippen molar-refractivity contribution in [2.24, 2.45) is 0 Å². The fraction of sp³-hybridized carbons (Fsp3) is 0.500. The van der Waals surface area contributed by atoms with Gasteiger partial charge in [-0.25, -0.2) is 4.39 Å². The molecule has 1 aliphatic heterocycles. The van der Waals surface area contributed by atoms with E-state index in [2.05, 4.69) is 0 Å². The van der Waals surface area contributed by atoms with Gasteiger partial charge in [0.2, 0.25) is 0 Å². The summed E-state index contributed by atoms with van der Waals surface area (Å²) in [4.78, 5) is 0. The van der Waals surface area contributed by atoms with Gasteiger partial charge in [0.05, 0.1) is 18.6 Å². The van der Waals surface area contributed by atoms with Gasteiger partial charge in [0.1, 0.15) is 5.82 Å². The highest BCUT2D eigenvalue weighted by Crippen LogP contribution is 2.27. The maximum atomic E-state index is 12.7. The summed E-state index contributed by atoms with van der Waals surface area (Å²) in [7, 11) is 0. The van der Waals surface area contributed by atoms with Gasteiger partial charge in [-0.05, 0) is 24.6 Å². The molecule has 0 aromatic heterocycles. The van der Waals surface area contributed by atoms with Crippen LogP contribution in [0.3, 0.4) is 0 Å². The first kappa shape index (κ1) is 11.8. The minimum atomic E-state index is -0.641. The monoisotopic (exact) mass is 244 g/mol. The summed E-state index contributed by atoms with van der Waals surface area (Å²) in [5.41, 5.74) is 0.985. The van der Waals surface area contributed by atoms with Crippen molar-refractivity contribution in [1.82, 2.24) is 0 Å². The van der Waals surface area contributed by atoms with Crippen molar-refractivity contribution in [2.75, 3.05) is 12.5 Å². The largest absolute Gasteiger partial charge is 0.347 e. The fourth-order valence-corrected chi connectivity index (χ4v) is 1.98. The zero-order valence-corrected chi connectivity index (χ0v) is 9.84. The summed E-state index contributed by atoms with van der Waals surface area (Å²) >= 11 is 5.70. The Bertz CT molecular complexity index is 355. The second-order valence-electron chi connectivity index (χ2n) is 4.14. The maximum absolute atomic E-state index is 12.7. The Balaban J connectivity index is 2.01. The first-order chi connectivity index (χ1) is 7.61. The minimum Gasteiger partial charge on any atom is -0.347 e. The van der Waals surface area contributed by atoms with Crippen LogP contribution in [0.15, 0.2) is 24.3 Å². The first-order valence-electron chi connectivity index (χ1n) is 5.23. The van der Waals surface area contributed by atoms with E-state index in [0.717, 1.165) is 5.56 Å². The summed E-state index contributed by atoms with van der Waals surface area (Å²) in [6.07, 6.45) is 0.549. The lowest BCUT2D eigenvalue weighted by atomic mass is 10.1. The number of alkyl halides is 1. The summed E-state index contributed by atoms with van der Waals surface area (Å²) in [5, 5.41) is 0. The van der Waals surface area contributed by atoms with Crippen LogP contribution in [-0.2, 0) is 15.9 Å².